The van der Waals surface area contributed by atoms with Crippen LogP contribution >= 0.6 is 0 Å². The van der Waals surface area contributed by atoms with Gasteiger partial charge in [-0.1, -0.05) is 36.4 Å². The Morgan fingerprint density at radius 3 is 2.33 bits per heavy atom. The number of rotatable bonds is 5. The molecule has 3 heterocycles. The molecule has 0 aliphatic heterocycles. The van der Waals surface area contributed by atoms with Crippen LogP contribution in [0.3, 0.4) is 0 Å². The molecule has 170 valence electrons. The predicted molar refractivity (Wildman–Crippen MR) is 135 cm³/mol. The van der Waals surface area contributed by atoms with E-state index in [0.29, 0.717) is 12.0 Å². The fraction of sp³-hybridized carbons (Fsp3) is 0.370. The van der Waals surface area contributed by atoms with Crippen molar-refractivity contribution in [2.24, 2.45) is 0 Å². The van der Waals surface area contributed by atoms with E-state index in [1.54, 1.807) is 0 Å². The van der Waals surface area contributed by atoms with E-state index in [1.165, 1.54) is 36.9 Å². The van der Waals surface area contributed by atoms with Crippen molar-refractivity contribution in [2.45, 2.75) is 44.6 Å². The molecule has 0 radical (unpaired) electrons. The molecule has 3 aromatic heterocycles. The van der Waals surface area contributed by atoms with E-state index in [1.807, 2.05) is 35.1 Å². The highest BCUT2D eigenvalue weighted by Gasteiger charge is 2.27. The smallest absolute Gasteiger partial charge is 0.165 e. The molecule has 33 heavy (non-hydrogen) atoms. The highest BCUT2D eigenvalue weighted by molar-refractivity contribution is 5.79. The van der Waals surface area contributed by atoms with Crippen LogP contribution in [0.25, 0.3) is 28.0 Å². The van der Waals surface area contributed by atoms with Crippen molar-refractivity contribution in [1.82, 2.24) is 24.9 Å². The molecule has 0 spiro atoms. The van der Waals surface area contributed by atoms with Crippen LogP contribution in [0.15, 0.2) is 54.9 Å². The molecule has 6 nitrogen and oxygen atoms in total. The maximum Gasteiger partial charge on any atom is 0.165 e. The quantitative estimate of drug-likeness (QED) is 0.469. The largest absolute Gasteiger partial charge is 0.362 e. The summed E-state index contributed by atoms with van der Waals surface area (Å²) in [7, 11) is 6.24. The second-order valence-electron chi connectivity index (χ2n) is 9.27. The van der Waals surface area contributed by atoms with E-state index >= 15 is 0 Å². The summed E-state index contributed by atoms with van der Waals surface area (Å²) < 4.78 is 1.98. The second-order valence-corrected chi connectivity index (χ2v) is 9.27. The average Bonchev–Trinajstić information content (AvgIpc) is 3.27. The first-order valence-corrected chi connectivity index (χ1v) is 11.8. The fourth-order valence-electron chi connectivity index (χ4n) is 5.19. The lowest BCUT2D eigenvalue weighted by Crippen LogP contribution is -2.30. The number of fused-ring (bicyclic) bond motifs is 1. The lowest BCUT2D eigenvalue weighted by molar-refractivity contribution is 0.354. The number of nitrogens with zero attached hydrogens (tertiary/aromatic N) is 5. The molecule has 5 rings (SSSR count). The average molecular weight is 441 g/mol. The molecular weight excluding hydrogens is 408 g/mol. The summed E-state index contributed by atoms with van der Waals surface area (Å²) >= 11 is 0. The number of anilines is 1. The predicted octanol–water partition coefficient (Wildman–Crippen LogP) is 5.08. The highest BCUT2D eigenvalue weighted by atomic mass is 15.3. The minimum atomic E-state index is 0.486. The fourth-order valence-corrected chi connectivity index (χ4v) is 5.19. The Balaban J connectivity index is 1.57. The molecule has 1 aliphatic rings. The molecule has 0 unspecified atom stereocenters. The van der Waals surface area contributed by atoms with Gasteiger partial charge in [-0.3, -0.25) is 4.98 Å². The summed E-state index contributed by atoms with van der Waals surface area (Å²) in [6, 6.07) is 15.1. The van der Waals surface area contributed by atoms with Gasteiger partial charge in [0.1, 0.15) is 5.82 Å². The summed E-state index contributed by atoms with van der Waals surface area (Å²) in [6.07, 6.45) is 8.59. The Hall–Kier alpha value is -3.25. The van der Waals surface area contributed by atoms with Gasteiger partial charge in [0.15, 0.2) is 5.65 Å². The number of nitrogens with one attached hydrogen (secondary N) is 1. The van der Waals surface area contributed by atoms with Crippen LogP contribution in [0.2, 0.25) is 0 Å². The van der Waals surface area contributed by atoms with Crippen molar-refractivity contribution >= 4 is 11.5 Å². The first-order valence-electron chi connectivity index (χ1n) is 11.8. The number of pyridine rings is 1. The Morgan fingerprint density at radius 1 is 0.939 bits per heavy atom. The molecule has 4 aromatic rings. The van der Waals surface area contributed by atoms with Crippen LogP contribution in [0.4, 0.5) is 5.82 Å². The van der Waals surface area contributed by atoms with Crippen molar-refractivity contribution in [2.75, 3.05) is 26.0 Å². The Kier molecular flexibility index (Phi) is 5.85. The van der Waals surface area contributed by atoms with Gasteiger partial charge in [-0.05, 0) is 45.7 Å². The van der Waals surface area contributed by atoms with Crippen LogP contribution in [0.1, 0.15) is 42.9 Å². The zero-order valence-electron chi connectivity index (χ0n) is 19.9. The first-order chi connectivity index (χ1) is 16.1. The molecule has 6 heteroatoms. The van der Waals surface area contributed by atoms with E-state index in [-0.39, 0.29) is 0 Å². The number of hydrogen-bond donors (Lipinski definition) is 1. The van der Waals surface area contributed by atoms with Gasteiger partial charge in [-0.25, -0.2) is 4.98 Å². The Bertz CT molecular complexity index is 1240. The molecule has 1 aromatic carbocycles. The van der Waals surface area contributed by atoms with E-state index in [4.69, 9.17) is 15.1 Å². The minimum Gasteiger partial charge on any atom is -0.362 e. The topological polar surface area (TPSA) is 58.4 Å². The molecule has 1 aliphatic carbocycles. The standard InChI is InChI=1S/C27H32N6/c1-18-25(20-10-13-22(28-2)14-11-20)31-26-23(17-30-33(26)27(18)32(3)4)21-12-15-24(29-16-21)19-8-6-5-7-9-19/h5-9,12,15-17,20,22,28H,10-11,13-14H2,1-4H3. The van der Waals surface area contributed by atoms with Gasteiger partial charge < -0.3 is 10.2 Å². The van der Waals surface area contributed by atoms with Crippen LogP contribution in [0.5, 0.6) is 0 Å². The van der Waals surface area contributed by atoms with Crippen LogP contribution in [-0.4, -0.2) is 46.8 Å². The highest BCUT2D eigenvalue weighted by Crippen LogP contribution is 2.38. The van der Waals surface area contributed by atoms with Crippen molar-refractivity contribution in [1.29, 1.82) is 0 Å². The SMILES string of the molecule is CNC1CCC(c2nc3c(-c4ccc(-c5ccccc5)nc4)cnn3c(N(C)C)c2C)CC1. The third kappa shape index (κ3) is 4.00. The summed E-state index contributed by atoms with van der Waals surface area (Å²) in [5.74, 6) is 1.59. The van der Waals surface area contributed by atoms with Crippen LogP contribution in [-0.2, 0) is 0 Å². The zero-order valence-corrected chi connectivity index (χ0v) is 19.9. The molecule has 0 bridgehead atoms. The van der Waals surface area contributed by atoms with Gasteiger partial charge in [0.05, 0.1) is 17.6 Å². The maximum absolute atomic E-state index is 5.23. The van der Waals surface area contributed by atoms with Crippen LogP contribution < -0.4 is 10.2 Å². The van der Waals surface area contributed by atoms with Crippen molar-refractivity contribution in [3.05, 3.63) is 66.1 Å². The summed E-state index contributed by atoms with van der Waals surface area (Å²) in [6.45, 7) is 2.19. The molecule has 1 fully saturated rings. The molecule has 1 saturated carbocycles. The third-order valence-electron chi connectivity index (χ3n) is 6.98. The molecule has 0 amide bonds. The maximum atomic E-state index is 5.23. The zero-order chi connectivity index (χ0) is 22.9. The molecule has 0 saturated heterocycles. The van der Waals surface area contributed by atoms with Crippen LogP contribution in [0, 0.1) is 6.92 Å². The number of hydrogen-bond acceptors (Lipinski definition) is 5. The molecular formula is C27H32N6. The van der Waals surface area contributed by atoms with E-state index in [2.05, 4.69) is 62.5 Å². The summed E-state index contributed by atoms with van der Waals surface area (Å²) in [5.41, 5.74) is 7.50. The van der Waals surface area contributed by atoms with Crippen molar-refractivity contribution in [3.63, 3.8) is 0 Å². The third-order valence-corrected chi connectivity index (χ3v) is 6.98. The molecule has 0 atom stereocenters. The van der Waals surface area contributed by atoms with Gasteiger partial charge in [0.2, 0.25) is 0 Å². The Morgan fingerprint density at radius 2 is 1.70 bits per heavy atom. The summed E-state index contributed by atoms with van der Waals surface area (Å²) in [5, 5.41) is 8.19. The van der Waals surface area contributed by atoms with Gasteiger partial charge in [-0.15, -0.1) is 0 Å². The normalized spacial score (nSPS) is 18.5. The monoisotopic (exact) mass is 440 g/mol. The minimum absolute atomic E-state index is 0.486. The van der Waals surface area contributed by atoms with Gasteiger partial charge in [-0.2, -0.15) is 9.61 Å². The van der Waals surface area contributed by atoms with Gasteiger partial charge in [0.25, 0.3) is 0 Å². The lowest BCUT2D eigenvalue weighted by atomic mass is 9.82. The second kappa shape index (κ2) is 8.94. The molecule has 1 N–H and O–H groups in total. The number of aromatic nitrogens is 4. The van der Waals surface area contributed by atoms with Gasteiger partial charge in [0, 0.05) is 54.5 Å². The van der Waals surface area contributed by atoms with Crippen molar-refractivity contribution < 1.29 is 0 Å². The Labute approximate surface area is 195 Å². The van der Waals surface area contributed by atoms with Gasteiger partial charge >= 0.3 is 0 Å². The number of benzene rings is 1. The van der Waals surface area contributed by atoms with E-state index in [0.717, 1.165) is 33.8 Å². The van der Waals surface area contributed by atoms with E-state index < -0.39 is 0 Å². The summed E-state index contributed by atoms with van der Waals surface area (Å²) in [4.78, 5) is 12.1. The van der Waals surface area contributed by atoms with Crippen molar-refractivity contribution in [3.8, 4) is 22.4 Å². The first kappa shape index (κ1) is 21.6. The van der Waals surface area contributed by atoms with E-state index in [9.17, 15) is 0 Å². The lowest BCUT2D eigenvalue weighted by Gasteiger charge is -2.30.